The average molecular weight is 339 g/mol. The van der Waals surface area contributed by atoms with Crippen molar-refractivity contribution in [2.24, 2.45) is 0 Å². The van der Waals surface area contributed by atoms with Gasteiger partial charge in [0.2, 0.25) is 0 Å². The van der Waals surface area contributed by atoms with E-state index in [1.807, 2.05) is 0 Å². The van der Waals surface area contributed by atoms with Gasteiger partial charge in [0, 0.05) is 22.5 Å². The van der Waals surface area contributed by atoms with Crippen molar-refractivity contribution in [2.45, 2.75) is 18.8 Å². The molecule has 0 amide bonds. The Morgan fingerprint density at radius 2 is 2.17 bits per heavy atom. The van der Waals surface area contributed by atoms with Crippen LogP contribution in [-0.4, -0.2) is 26.6 Å². The quantitative estimate of drug-likeness (QED) is 0.855. The molecule has 1 N–H and O–H groups in total. The normalized spacial score (nSPS) is 18.2. The molecule has 100 valence electrons. The van der Waals surface area contributed by atoms with Crippen LogP contribution in [0.1, 0.15) is 18.0 Å². The molecule has 3 nitrogen and oxygen atoms in total. The summed E-state index contributed by atoms with van der Waals surface area (Å²) in [5.41, 5.74) is 0.518. The molecule has 0 aromatic heterocycles. The summed E-state index contributed by atoms with van der Waals surface area (Å²) in [5.74, 6) is -0.414. The van der Waals surface area contributed by atoms with E-state index in [2.05, 4.69) is 21.2 Å². The summed E-state index contributed by atoms with van der Waals surface area (Å²) in [7, 11) is 1.77. The Kier molecular flexibility index (Phi) is 4.98. The van der Waals surface area contributed by atoms with Crippen molar-refractivity contribution in [2.75, 3.05) is 20.3 Å². The molecule has 0 radical (unpaired) electrons. The van der Waals surface area contributed by atoms with E-state index < -0.39 is 5.82 Å². The van der Waals surface area contributed by atoms with Gasteiger partial charge in [-0.25, -0.2) is 4.39 Å². The fourth-order valence-corrected chi connectivity index (χ4v) is 2.42. The second-order valence-corrected chi connectivity index (χ2v) is 5.24. The van der Waals surface area contributed by atoms with E-state index in [9.17, 15) is 4.39 Å². The molecule has 1 aromatic carbocycles. The van der Waals surface area contributed by atoms with Crippen LogP contribution in [0.25, 0.3) is 0 Å². The fourth-order valence-electron chi connectivity index (χ4n) is 1.95. The van der Waals surface area contributed by atoms with Gasteiger partial charge in [0.05, 0.1) is 18.2 Å². The lowest BCUT2D eigenvalue weighted by Crippen LogP contribution is -2.24. The van der Waals surface area contributed by atoms with E-state index in [0.29, 0.717) is 29.7 Å². The molecule has 0 aliphatic carbocycles. The highest BCUT2D eigenvalue weighted by Crippen LogP contribution is 2.32. The number of nitrogens with one attached hydrogen (secondary N) is 1. The standard InChI is InChI=1S/C12H14BrClFNO2/c1-16-9(6-10-17-4-5-18-10)7-2-3-8(13)11(14)12(7)15/h2-3,9-10,16H,4-6H2,1H3. The van der Waals surface area contributed by atoms with Gasteiger partial charge in [-0.1, -0.05) is 17.7 Å². The Bertz CT molecular complexity index is 427. The predicted octanol–water partition coefficient (Wildman–Crippen LogP) is 3.27. The van der Waals surface area contributed by atoms with E-state index >= 15 is 0 Å². The lowest BCUT2D eigenvalue weighted by molar-refractivity contribution is -0.0527. The van der Waals surface area contributed by atoms with Crippen molar-refractivity contribution < 1.29 is 13.9 Å². The van der Waals surface area contributed by atoms with Gasteiger partial charge < -0.3 is 14.8 Å². The Balaban J connectivity index is 2.18. The summed E-state index contributed by atoms with van der Waals surface area (Å²) < 4.78 is 25.4. The van der Waals surface area contributed by atoms with Crippen molar-refractivity contribution in [3.05, 3.63) is 33.0 Å². The van der Waals surface area contributed by atoms with E-state index in [1.54, 1.807) is 19.2 Å². The minimum absolute atomic E-state index is 0.0982. The van der Waals surface area contributed by atoms with Crippen molar-refractivity contribution in [3.63, 3.8) is 0 Å². The van der Waals surface area contributed by atoms with E-state index in [1.165, 1.54) is 0 Å². The molecule has 0 spiro atoms. The summed E-state index contributed by atoms with van der Waals surface area (Å²) in [6.07, 6.45) is 0.259. The predicted molar refractivity (Wildman–Crippen MR) is 71.2 cm³/mol. The monoisotopic (exact) mass is 337 g/mol. The molecular formula is C12H14BrClFNO2. The Labute approximate surface area is 119 Å². The van der Waals surface area contributed by atoms with Crippen LogP contribution in [0.5, 0.6) is 0 Å². The smallest absolute Gasteiger partial charge is 0.159 e. The fraction of sp³-hybridized carbons (Fsp3) is 0.500. The molecule has 1 aromatic rings. The van der Waals surface area contributed by atoms with Crippen molar-refractivity contribution in [1.82, 2.24) is 5.32 Å². The molecule has 1 fully saturated rings. The van der Waals surface area contributed by atoms with Crippen LogP contribution in [0.4, 0.5) is 4.39 Å². The average Bonchev–Trinajstić information content (AvgIpc) is 2.87. The number of ether oxygens (including phenoxy) is 2. The first-order valence-corrected chi connectivity index (χ1v) is 6.84. The Hall–Kier alpha value is -0.200. The number of hydrogen-bond acceptors (Lipinski definition) is 3. The minimum Gasteiger partial charge on any atom is -0.350 e. The first kappa shape index (κ1) is 14.2. The van der Waals surface area contributed by atoms with E-state index in [-0.39, 0.29) is 17.4 Å². The van der Waals surface area contributed by atoms with Gasteiger partial charge in [-0.2, -0.15) is 0 Å². The summed E-state index contributed by atoms with van der Waals surface area (Å²) in [5, 5.41) is 3.16. The van der Waals surface area contributed by atoms with Gasteiger partial charge >= 0.3 is 0 Å². The SMILES string of the molecule is CNC(CC1OCCO1)c1ccc(Br)c(Cl)c1F. The number of rotatable bonds is 4. The first-order valence-electron chi connectivity index (χ1n) is 5.67. The third-order valence-corrected chi connectivity index (χ3v) is 4.17. The largest absolute Gasteiger partial charge is 0.350 e. The van der Waals surface area contributed by atoms with E-state index in [0.717, 1.165) is 0 Å². The minimum atomic E-state index is -0.414. The second-order valence-electron chi connectivity index (χ2n) is 4.01. The molecule has 18 heavy (non-hydrogen) atoms. The van der Waals surface area contributed by atoms with Crippen LogP contribution in [0, 0.1) is 5.82 Å². The van der Waals surface area contributed by atoms with Crippen LogP contribution in [0.3, 0.4) is 0 Å². The molecule has 1 heterocycles. The van der Waals surface area contributed by atoms with Crippen LogP contribution < -0.4 is 5.32 Å². The lowest BCUT2D eigenvalue weighted by Gasteiger charge is -2.20. The zero-order valence-corrected chi connectivity index (χ0v) is 12.2. The molecule has 6 heteroatoms. The number of halogens is 3. The molecule has 1 saturated heterocycles. The van der Waals surface area contributed by atoms with E-state index in [4.69, 9.17) is 21.1 Å². The van der Waals surface area contributed by atoms with Gasteiger partial charge in [0.1, 0.15) is 5.82 Å². The molecule has 0 bridgehead atoms. The molecule has 1 aliphatic rings. The van der Waals surface area contributed by atoms with Crippen LogP contribution in [0.2, 0.25) is 5.02 Å². The highest BCUT2D eigenvalue weighted by molar-refractivity contribution is 9.10. The summed E-state index contributed by atoms with van der Waals surface area (Å²) in [6, 6.07) is 3.25. The zero-order valence-electron chi connectivity index (χ0n) is 9.88. The van der Waals surface area contributed by atoms with Crippen LogP contribution in [-0.2, 0) is 9.47 Å². The summed E-state index contributed by atoms with van der Waals surface area (Å²) >= 11 is 9.09. The maximum Gasteiger partial charge on any atom is 0.159 e. The zero-order chi connectivity index (χ0) is 13.1. The number of benzene rings is 1. The molecular weight excluding hydrogens is 324 g/mol. The molecule has 1 atom stereocenters. The summed E-state index contributed by atoms with van der Waals surface area (Å²) in [4.78, 5) is 0. The second kappa shape index (κ2) is 6.30. The van der Waals surface area contributed by atoms with Gasteiger partial charge in [-0.05, 0) is 29.0 Å². The van der Waals surface area contributed by atoms with Gasteiger partial charge in [-0.15, -0.1) is 0 Å². The number of hydrogen-bond donors (Lipinski definition) is 1. The van der Waals surface area contributed by atoms with Crippen molar-refractivity contribution >= 4 is 27.5 Å². The Morgan fingerprint density at radius 1 is 1.50 bits per heavy atom. The topological polar surface area (TPSA) is 30.5 Å². The van der Waals surface area contributed by atoms with Crippen molar-refractivity contribution in [3.8, 4) is 0 Å². The maximum absolute atomic E-state index is 14.1. The highest BCUT2D eigenvalue weighted by Gasteiger charge is 2.24. The molecule has 1 aliphatic heterocycles. The molecule has 2 rings (SSSR count). The first-order chi connectivity index (χ1) is 8.63. The van der Waals surface area contributed by atoms with Crippen molar-refractivity contribution in [1.29, 1.82) is 0 Å². The highest BCUT2D eigenvalue weighted by atomic mass is 79.9. The lowest BCUT2D eigenvalue weighted by atomic mass is 10.0. The van der Waals surface area contributed by atoms with Gasteiger partial charge in [0.25, 0.3) is 0 Å². The molecule has 0 saturated carbocycles. The maximum atomic E-state index is 14.1. The third-order valence-electron chi connectivity index (χ3n) is 2.91. The molecule has 1 unspecified atom stereocenters. The van der Waals surface area contributed by atoms with Gasteiger partial charge in [-0.3, -0.25) is 0 Å². The Morgan fingerprint density at radius 3 is 2.78 bits per heavy atom. The van der Waals surface area contributed by atoms with Gasteiger partial charge in [0.15, 0.2) is 6.29 Å². The van der Waals surface area contributed by atoms with Crippen LogP contribution >= 0.6 is 27.5 Å². The third kappa shape index (κ3) is 3.03. The summed E-state index contributed by atoms with van der Waals surface area (Å²) in [6.45, 7) is 1.18. The van der Waals surface area contributed by atoms with Crippen LogP contribution in [0.15, 0.2) is 16.6 Å².